The molecule has 0 spiro atoms. The van der Waals surface area contributed by atoms with Crippen LogP contribution in [0.4, 0.5) is 16.2 Å². The van der Waals surface area contributed by atoms with Crippen molar-refractivity contribution in [1.82, 2.24) is 4.90 Å². The van der Waals surface area contributed by atoms with Crippen LogP contribution in [0, 0.1) is 6.92 Å². The van der Waals surface area contributed by atoms with E-state index in [-0.39, 0.29) is 11.9 Å². The zero-order valence-electron chi connectivity index (χ0n) is 15.0. The number of amides is 3. The molecule has 2 N–H and O–H groups in total. The molecule has 136 valence electrons. The SMILES string of the molecule is COc1ccc(NC(=O)N2CCC[C@@H]2C(=O)Nc2ccc(C)cc2)cc1. The maximum atomic E-state index is 12.6. The van der Waals surface area contributed by atoms with Gasteiger partial charge in [0.05, 0.1) is 7.11 Å². The molecule has 0 saturated carbocycles. The van der Waals surface area contributed by atoms with Gasteiger partial charge < -0.3 is 20.3 Å². The summed E-state index contributed by atoms with van der Waals surface area (Å²) in [5.74, 6) is 0.566. The Labute approximate surface area is 153 Å². The molecule has 3 amide bonds. The number of carbonyl (C=O) groups is 2. The second kappa shape index (κ2) is 7.91. The Morgan fingerprint density at radius 1 is 1.00 bits per heavy atom. The number of ether oxygens (including phenoxy) is 1. The fraction of sp³-hybridized carbons (Fsp3) is 0.300. The summed E-state index contributed by atoms with van der Waals surface area (Å²) in [5, 5.41) is 5.74. The average Bonchev–Trinajstić information content (AvgIpc) is 3.14. The van der Waals surface area contributed by atoms with Gasteiger partial charge in [-0.25, -0.2) is 4.79 Å². The monoisotopic (exact) mass is 353 g/mol. The quantitative estimate of drug-likeness (QED) is 0.882. The number of nitrogens with zero attached hydrogens (tertiary/aromatic N) is 1. The summed E-state index contributed by atoms with van der Waals surface area (Å²) in [4.78, 5) is 26.8. The first kappa shape index (κ1) is 17.8. The van der Waals surface area contributed by atoms with Crippen LogP contribution in [0.3, 0.4) is 0 Å². The molecule has 1 heterocycles. The summed E-state index contributed by atoms with van der Waals surface area (Å²) in [7, 11) is 1.59. The van der Waals surface area contributed by atoms with Crippen molar-refractivity contribution in [2.75, 3.05) is 24.3 Å². The molecule has 1 aliphatic heterocycles. The van der Waals surface area contributed by atoms with E-state index in [0.717, 1.165) is 23.4 Å². The van der Waals surface area contributed by atoms with E-state index in [0.29, 0.717) is 18.7 Å². The molecule has 0 bridgehead atoms. The second-order valence-electron chi connectivity index (χ2n) is 6.37. The van der Waals surface area contributed by atoms with Gasteiger partial charge in [-0.1, -0.05) is 17.7 Å². The molecule has 2 aromatic carbocycles. The van der Waals surface area contributed by atoms with Gasteiger partial charge in [0.15, 0.2) is 0 Å². The topological polar surface area (TPSA) is 70.7 Å². The number of methoxy groups -OCH3 is 1. The molecule has 26 heavy (non-hydrogen) atoms. The maximum absolute atomic E-state index is 12.6. The van der Waals surface area contributed by atoms with Gasteiger partial charge in [-0.2, -0.15) is 0 Å². The Bertz CT molecular complexity index is 772. The van der Waals surface area contributed by atoms with Crippen LogP contribution in [0.1, 0.15) is 18.4 Å². The fourth-order valence-electron chi connectivity index (χ4n) is 3.01. The molecule has 3 rings (SSSR count). The van der Waals surface area contributed by atoms with Crippen LogP contribution in [0.15, 0.2) is 48.5 Å². The van der Waals surface area contributed by atoms with Crippen molar-refractivity contribution >= 4 is 23.3 Å². The first-order chi connectivity index (χ1) is 12.6. The standard InChI is InChI=1S/C20H23N3O3/c1-14-5-7-15(8-6-14)21-19(24)18-4-3-13-23(18)20(25)22-16-9-11-17(26-2)12-10-16/h5-12,18H,3-4,13H2,1-2H3,(H,21,24)(H,22,25)/t18-/m1/s1. The van der Waals surface area contributed by atoms with E-state index in [2.05, 4.69) is 10.6 Å². The van der Waals surface area contributed by atoms with Gasteiger partial charge in [-0.3, -0.25) is 4.79 Å². The lowest BCUT2D eigenvalue weighted by Gasteiger charge is -2.24. The van der Waals surface area contributed by atoms with Crippen LogP contribution >= 0.6 is 0 Å². The number of benzene rings is 2. The van der Waals surface area contributed by atoms with E-state index in [1.807, 2.05) is 31.2 Å². The van der Waals surface area contributed by atoms with E-state index in [1.54, 1.807) is 36.3 Å². The molecule has 0 unspecified atom stereocenters. The molecule has 2 aromatic rings. The van der Waals surface area contributed by atoms with Crippen molar-refractivity contribution in [3.63, 3.8) is 0 Å². The maximum Gasteiger partial charge on any atom is 0.322 e. The van der Waals surface area contributed by atoms with Gasteiger partial charge in [0.2, 0.25) is 5.91 Å². The van der Waals surface area contributed by atoms with Crippen LogP contribution in [0.5, 0.6) is 5.75 Å². The lowest BCUT2D eigenvalue weighted by atomic mass is 10.2. The number of hydrogen-bond donors (Lipinski definition) is 2. The summed E-state index contributed by atoms with van der Waals surface area (Å²) < 4.78 is 5.11. The minimum Gasteiger partial charge on any atom is -0.497 e. The number of nitrogens with one attached hydrogen (secondary N) is 2. The third-order valence-electron chi connectivity index (χ3n) is 4.48. The van der Waals surface area contributed by atoms with Gasteiger partial charge in [0.25, 0.3) is 0 Å². The van der Waals surface area contributed by atoms with Gasteiger partial charge >= 0.3 is 6.03 Å². The zero-order valence-corrected chi connectivity index (χ0v) is 15.0. The van der Waals surface area contributed by atoms with Gasteiger partial charge in [0.1, 0.15) is 11.8 Å². The Morgan fingerprint density at radius 3 is 2.27 bits per heavy atom. The molecular weight excluding hydrogens is 330 g/mol. The smallest absolute Gasteiger partial charge is 0.322 e. The van der Waals surface area contributed by atoms with E-state index >= 15 is 0 Å². The normalized spacial score (nSPS) is 16.2. The number of rotatable bonds is 4. The lowest BCUT2D eigenvalue weighted by Crippen LogP contribution is -2.45. The first-order valence-corrected chi connectivity index (χ1v) is 8.66. The summed E-state index contributed by atoms with van der Waals surface area (Å²) in [5.41, 5.74) is 2.53. The Hall–Kier alpha value is -3.02. The van der Waals surface area contributed by atoms with E-state index < -0.39 is 6.04 Å². The molecule has 6 nitrogen and oxygen atoms in total. The van der Waals surface area contributed by atoms with Gasteiger partial charge in [0, 0.05) is 17.9 Å². The molecule has 0 radical (unpaired) electrons. The highest BCUT2D eigenvalue weighted by molar-refractivity contribution is 5.99. The highest BCUT2D eigenvalue weighted by Gasteiger charge is 2.34. The van der Waals surface area contributed by atoms with Crippen LogP contribution in [-0.4, -0.2) is 36.5 Å². The Kier molecular flexibility index (Phi) is 5.41. The van der Waals surface area contributed by atoms with Crippen molar-refractivity contribution < 1.29 is 14.3 Å². The summed E-state index contributed by atoms with van der Waals surface area (Å²) in [6.45, 7) is 2.56. The van der Waals surface area contributed by atoms with E-state index in [1.165, 1.54) is 0 Å². The van der Waals surface area contributed by atoms with Gasteiger partial charge in [-0.05, 0) is 56.2 Å². The number of carbonyl (C=O) groups excluding carboxylic acids is 2. The van der Waals surface area contributed by atoms with Crippen LogP contribution < -0.4 is 15.4 Å². The molecule has 1 saturated heterocycles. The summed E-state index contributed by atoms with van der Waals surface area (Å²) >= 11 is 0. The zero-order chi connectivity index (χ0) is 18.5. The minimum absolute atomic E-state index is 0.156. The number of anilines is 2. The highest BCUT2D eigenvalue weighted by Crippen LogP contribution is 2.22. The Morgan fingerprint density at radius 2 is 1.62 bits per heavy atom. The van der Waals surface area contributed by atoms with Crippen molar-refractivity contribution in [1.29, 1.82) is 0 Å². The molecule has 1 aliphatic rings. The lowest BCUT2D eigenvalue weighted by molar-refractivity contribution is -0.119. The number of urea groups is 1. The van der Waals surface area contributed by atoms with Crippen molar-refractivity contribution in [3.05, 3.63) is 54.1 Å². The van der Waals surface area contributed by atoms with Crippen LogP contribution in [0.25, 0.3) is 0 Å². The van der Waals surface area contributed by atoms with E-state index in [9.17, 15) is 9.59 Å². The largest absolute Gasteiger partial charge is 0.497 e. The second-order valence-corrected chi connectivity index (χ2v) is 6.37. The first-order valence-electron chi connectivity index (χ1n) is 8.66. The van der Waals surface area contributed by atoms with Crippen molar-refractivity contribution in [2.45, 2.75) is 25.8 Å². The molecular formula is C20H23N3O3. The molecule has 6 heteroatoms. The highest BCUT2D eigenvalue weighted by atomic mass is 16.5. The molecule has 1 fully saturated rings. The van der Waals surface area contributed by atoms with Crippen molar-refractivity contribution in [2.24, 2.45) is 0 Å². The third kappa shape index (κ3) is 4.14. The minimum atomic E-state index is -0.463. The van der Waals surface area contributed by atoms with Gasteiger partial charge in [-0.15, -0.1) is 0 Å². The fourth-order valence-corrected chi connectivity index (χ4v) is 3.01. The predicted molar refractivity (Wildman–Crippen MR) is 102 cm³/mol. The molecule has 1 atom stereocenters. The number of aryl methyl sites for hydroxylation is 1. The van der Waals surface area contributed by atoms with Crippen LogP contribution in [-0.2, 0) is 4.79 Å². The summed E-state index contributed by atoms with van der Waals surface area (Å²) in [6, 6.07) is 14.0. The summed E-state index contributed by atoms with van der Waals surface area (Å²) in [6.07, 6.45) is 1.47. The number of hydrogen-bond acceptors (Lipinski definition) is 3. The van der Waals surface area contributed by atoms with Crippen molar-refractivity contribution in [3.8, 4) is 5.75 Å². The molecule has 0 aromatic heterocycles. The molecule has 0 aliphatic carbocycles. The van der Waals surface area contributed by atoms with Crippen LogP contribution in [0.2, 0.25) is 0 Å². The Balaban J connectivity index is 1.63. The number of likely N-dealkylation sites (tertiary alicyclic amines) is 1. The van der Waals surface area contributed by atoms with E-state index in [4.69, 9.17) is 4.74 Å². The average molecular weight is 353 g/mol. The third-order valence-corrected chi connectivity index (χ3v) is 4.48. The predicted octanol–water partition coefficient (Wildman–Crippen LogP) is 3.64.